The molecule has 2 saturated carbocycles. The van der Waals surface area contributed by atoms with Crippen molar-refractivity contribution >= 4 is 11.6 Å². The molecule has 3 aliphatic rings. The predicted octanol–water partition coefficient (Wildman–Crippen LogP) is 5.69. The molecule has 116 valence electrons. The van der Waals surface area contributed by atoms with Crippen molar-refractivity contribution in [1.29, 1.82) is 0 Å². The van der Waals surface area contributed by atoms with E-state index in [9.17, 15) is 0 Å². The van der Waals surface area contributed by atoms with Crippen molar-refractivity contribution in [3.63, 3.8) is 0 Å². The van der Waals surface area contributed by atoms with Crippen LogP contribution in [0.5, 0.6) is 0 Å². The third-order valence-electron chi connectivity index (χ3n) is 6.11. The monoisotopic (exact) mass is 298 g/mol. The second kappa shape index (κ2) is 6.57. The molecule has 1 heterocycles. The van der Waals surface area contributed by atoms with Gasteiger partial charge in [0.15, 0.2) is 0 Å². The molecule has 4 unspecified atom stereocenters. The fourth-order valence-electron chi connectivity index (χ4n) is 5.02. The molecular weight excluding hydrogens is 268 g/mol. The van der Waals surface area contributed by atoms with E-state index in [1.165, 1.54) is 77.0 Å². The van der Waals surface area contributed by atoms with E-state index in [1.807, 2.05) is 0 Å². The van der Waals surface area contributed by atoms with E-state index >= 15 is 0 Å². The molecule has 0 bridgehead atoms. The Morgan fingerprint density at radius 1 is 1.10 bits per heavy atom. The van der Waals surface area contributed by atoms with Gasteiger partial charge >= 0.3 is 0 Å². The second-order valence-electron chi connectivity index (χ2n) is 7.65. The molecule has 3 fully saturated rings. The van der Waals surface area contributed by atoms with Crippen LogP contribution in [-0.4, -0.2) is 17.1 Å². The van der Waals surface area contributed by atoms with Gasteiger partial charge in [0.25, 0.3) is 0 Å². The van der Waals surface area contributed by atoms with Crippen LogP contribution < -0.4 is 0 Å². The van der Waals surface area contributed by atoms with Gasteiger partial charge in [0, 0.05) is 5.38 Å². The first kappa shape index (κ1) is 15.2. The molecule has 0 amide bonds. The van der Waals surface area contributed by atoms with Crippen LogP contribution in [0.4, 0.5) is 0 Å². The lowest BCUT2D eigenvalue weighted by Gasteiger charge is -2.35. The third-order valence-corrected chi connectivity index (χ3v) is 6.69. The van der Waals surface area contributed by atoms with Crippen molar-refractivity contribution in [2.45, 2.75) is 101 Å². The van der Waals surface area contributed by atoms with Gasteiger partial charge in [-0.3, -0.25) is 0 Å². The summed E-state index contributed by atoms with van der Waals surface area (Å²) in [7, 11) is 0. The Morgan fingerprint density at radius 3 is 2.65 bits per heavy atom. The number of alkyl halides is 1. The highest BCUT2D eigenvalue weighted by Crippen LogP contribution is 2.46. The lowest BCUT2D eigenvalue weighted by atomic mass is 9.76. The maximum atomic E-state index is 6.62. The Morgan fingerprint density at radius 2 is 1.90 bits per heavy atom. The molecule has 3 rings (SSSR count). The highest BCUT2D eigenvalue weighted by molar-refractivity contribution is 6.20. The molecule has 1 saturated heterocycles. The molecule has 4 atom stereocenters. The van der Waals surface area contributed by atoms with E-state index in [0.29, 0.717) is 23.0 Å². The average molecular weight is 299 g/mol. The number of hydrogen-bond donors (Lipinski definition) is 0. The quantitative estimate of drug-likeness (QED) is 0.606. The minimum absolute atomic E-state index is 0.296. The number of halogens is 1. The highest BCUT2D eigenvalue weighted by Gasteiger charge is 2.43. The molecule has 0 aromatic heterocycles. The van der Waals surface area contributed by atoms with Crippen LogP contribution in [0.1, 0.15) is 84.0 Å². The van der Waals surface area contributed by atoms with Crippen LogP contribution in [0.25, 0.3) is 0 Å². The van der Waals surface area contributed by atoms with Crippen LogP contribution in [0, 0.1) is 11.8 Å². The minimum atomic E-state index is 0.296. The summed E-state index contributed by atoms with van der Waals surface area (Å²) in [4.78, 5) is 0. The lowest BCUT2D eigenvalue weighted by Crippen LogP contribution is -2.30. The fraction of sp³-hybridized carbons (Fsp3) is 1.00. The molecule has 1 aliphatic heterocycles. The summed E-state index contributed by atoms with van der Waals surface area (Å²) in [5, 5.41) is 0.409. The summed E-state index contributed by atoms with van der Waals surface area (Å²) in [6, 6.07) is 0. The third kappa shape index (κ3) is 3.35. The summed E-state index contributed by atoms with van der Waals surface area (Å²) in [6.07, 6.45) is 16.4. The molecule has 2 aliphatic carbocycles. The second-order valence-corrected chi connectivity index (χ2v) is 8.21. The first-order valence-electron chi connectivity index (χ1n) is 9.03. The van der Waals surface area contributed by atoms with Crippen molar-refractivity contribution < 1.29 is 4.74 Å². The van der Waals surface area contributed by atoms with Gasteiger partial charge in [-0.25, -0.2) is 0 Å². The molecule has 0 aromatic carbocycles. The van der Waals surface area contributed by atoms with Gasteiger partial charge in [0.05, 0.1) is 11.7 Å². The van der Waals surface area contributed by atoms with Gasteiger partial charge in [-0.05, 0) is 63.2 Å². The van der Waals surface area contributed by atoms with Gasteiger partial charge in [-0.15, -0.1) is 11.6 Å². The fourth-order valence-corrected chi connectivity index (χ4v) is 5.36. The summed E-state index contributed by atoms with van der Waals surface area (Å²) < 4.78 is 6.50. The van der Waals surface area contributed by atoms with Gasteiger partial charge in [0.1, 0.15) is 0 Å². The SMILES string of the molecule is CCCC1CCC(Cl)C(CC2CCC3(CCCC3)O2)C1. The maximum absolute atomic E-state index is 6.62. The number of hydrogen-bond acceptors (Lipinski definition) is 1. The van der Waals surface area contributed by atoms with Crippen LogP contribution in [0.2, 0.25) is 0 Å². The normalized spacial score (nSPS) is 40.5. The van der Waals surface area contributed by atoms with E-state index in [2.05, 4.69) is 6.92 Å². The summed E-state index contributed by atoms with van der Waals surface area (Å²) in [5.74, 6) is 1.64. The zero-order valence-corrected chi connectivity index (χ0v) is 13.8. The van der Waals surface area contributed by atoms with Crippen LogP contribution in [0.15, 0.2) is 0 Å². The summed E-state index contributed by atoms with van der Waals surface area (Å²) in [6.45, 7) is 2.31. The predicted molar refractivity (Wildman–Crippen MR) is 85.3 cm³/mol. The Labute approximate surface area is 129 Å². The first-order chi connectivity index (χ1) is 9.71. The Hall–Kier alpha value is 0.250. The van der Waals surface area contributed by atoms with Crippen molar-refractivity contribution in [2.24, 2.45) is 11.8 Å². The Kier molecular flexibility index (Phi) is 4.98. The smallest absolute Gasteiger partial charge is 0.0687 e. The van der Waals surface area contributed by atoms with E-state index in [-0.39, 0.29) is 0 Å². The van der Waals surface area contributed by atoms with Crippen molar-refractivity contribution in [1.82, 2.24) is 0 Å². The van der Waals surface area contributed by atoms with Crippen molar-refractivity contribution in [3.05, 3.63) is 0 Å². The van der Waals surface area contributed by atoms with Gasteiger partial charge in [0.2, 0.25) is 0 Å². The number of ether oxygens (including phenoxy) is 1. The van der Waals surface area contributed by atoms with Crippen LogP contribution in [-0.2, 0) is 4.74 Å². The Bertz CT molecular complexity index is 311. The molecule has 0 N–H and O–H groups in total. The standard InChI is InChI=1S/C18H31ClO/c1-2-5-14-6-7-17(19)15(12-14)13-16-8-11-18(20-16)9-3-4-10-18/h14-17H,2-13H2,1H3. The maximum Gasteiger partial charge on any atom is 0.0687 e. The molecule has 1 nitrogen and oxygen atoms in total. The molecule has 20 heavy (non-hydrogen) atoms. The van der Waals surface area contributed by atoms with E-state index in [4.69, 9.17) is 16.3 Å². The highest BCUT2D eigenvalue weighted by atomic mass is 35.5. The summed E-state index contributed by atoms with van der Waals surface area (Å²) in [5.41, 5.74) is 0.296. The molecular formula is C18H31ClO. The average Bonchev–Trinajstić information content (AvgIpc) is 3.05. The first-order valence-corrected chi connectivity index (χ1v) is 9.46. The molecule has 2 heteroatoms. The molecule has 0 radical (unpaired) electrons. The van der Waals surface area contributed by atoms with Crippen molar-refractivity contribution in [2.75, 3.05) is 0 Å². The minimum Gasteiger partial charge on any atom is -0.372 e. The summed E-state index contributed by atoms with van der Waals surface area (Å²) >= 11 is 6.62. The Balaban J connectivity index is 1.51. The zero-order valence-electron chi connectivity index (χ0n) is 13.1. The van der Waals surface area contributed by atoms with E-state index < -0.39 is 0 Å². The van der Waals surface area contributed by atoms with Gasteiger partial charge < -0.3 is 4.74 Å². The van der Waals surface area contributed by atoms with Crippen LogP contribution in [0.3, 0.4) is 0 Å². The largest absolute Gasteiger partial charge is 0.372 e. The molecule has 1 spiro atoms. The van der Waals surface area contributed by atoms with Gasteiger partial charge in [-0.1, -0.05) is 32.6 Å². The van der Waals surface area contributed by atoms with Crippen molar-refractivity contribution in [3.8, 4) is 0 Å². The number of rotatable bonds is 4. The van der Waals surface area contributed by atoms with Crippen LogP contribution >= 0.6 is 11.6 Å². The topological polar surface area (TPSA) is 9.23 Å². The molecule has 0 aromatic rings. The van der Waals surface area contributed by atoms with E-state index in [0.717, 1.165) is 5.92 Å². The van der Waals surface area contributed by atoms with E-state index in [1.54, 1.807) is 0 Å². The zero-order chi connectivity index (χ0) is 14.0. The lowest BCUT2D eigenvalue weighted by molar-refractivity contribution is -0.0466. The van der Waals surface area contributed by atoms with Gasteiger partial charge in [-0.2, -0.15) is 0 Å².